The molecule has 0 saturated heterocycles. The Hall–Kier alpha value is -2.37. The summed E-state index contributed by atoms with van der Waals surface area (Å²) in [5.41, 5.74) is 8.35. The summed E-state index contributed by atoms with van der Waals surface area (Å²) in [6, 6.07) is 15.2. The van der Waals surface area contributed by atoms with Crippen molar-refractivity contribution >= 4 is 34.9 Å². The van der Waals surface area contributed by atoms with Crippen molar-refractivity contribution in [2.75, 3.05) is 11.9 Å². The fourth-order valence-electron chi connectivity index (χ4n) is 2.33. The molecule has 0 aliphatic rings. The summed E-state index contributed by atoms with van der Waals surface area (Å²) in [7, 11) is 0. The van der Waals surface area contributed by atoms with E-state index in [1.807, 2.05) is 48.5 Å². The van der Waals surface area contributed by atoms with E-state index in [-0.39, 0.29) is 30.8 Å². The van der Waals surface area contributed by atoms with Crippen molar-refractivity contribution in [3.05, 3.63) is 60.3 Å². The van der Waals surface area contributed by atoms with Crippen molar-refractivity contribution in [1.82, 2.24) is 10.2 Å². The first-order valence-corrected chi connectivity index (χ1v) is 6.77. The van der Waals surface area contributed by atoms with Crippen molar-refractivity contribution in [1.29, 1.82) is 0 Å². The summed E-state index contributed by atoms with van der Waals surface area (Å²) in [6.07, 6.45) is 1.72. The van der Waals surface area contributed by atoms with Crippen LogP contribution in [-0.2, 0) is 4.79 Å². The van der Waals surface area contributed by atoms with Crippen molar-refractivity contribution in [2.45, 2.75) is 5.92 Å². The van der Waals surface area contributed by atoms with Crippen molar-refractivity contribution in [2.24, 2.45) is 5.73 Å². The van der Waals surface area contributed by atoms with E-state index in [2.05, 4.69) is 15.5 Å². The first-order valence-electron chi connectivity index (χ1n) is 6.77. The molecule has 0 saturated carbocycles. The minimum Gasteiger partial charge on any atom is -0.329 e. The Balaban J connectivity index is 0.00000176. The summed E-state index contributed by atoms with van der Waals surface area (Å²) in [5, 5.41) is 10.7. The van der Waals surface area contributed by atoms with Crippen LogP contribution in [-0.4, -0.2) is 22.6 Å². The maximum Gasteiger partial charge on any atom is 0.233 e. The van der Waals surface area contributed by atoms with Gasteiger partial charge in [0, 0.05) is 17.6 Å². The van der Waals surface area contributed by atoms with Crippen molar-refractivity contribution in [3.63, 3.8) is 0 Å². The molecule has 5 nitrogen and oxygen atoms in total. The highest BCUT2D eigenvalue weighted by Crippen LogP contribution is 2.20. The number of rotatable bonds is 4. The van der Waals surface area contributed by atoms with Crippen molar-refractivity contribution < 1.29 is 4.79 Å². The van der Waals surface area contributed by atoms with Gasteiger partial charge in [-0.1, -0.05) is 30.3 Å². The SMILES string of the molecule is Cl.NCC(C(=O)Nc1ccc2[nH]ncc2c1)c1ccccc1. The number of hydrogen-bond acceptors (Lipinski definition) is 3. The number of carbonyl (C=O) groups excluding carboxylic acids is 1. The van der Waals surface area contributed by atoms with Crippen LogP contribution in [0.3, 0.4) is 0 Å². The van der Waals surface area contributed by atoms with Gasteiger partial charge in [0.2, 0.25) is 5.91 Å². The Labute approximate surface area is 134 Å². The molecule has 0 bridgehead atoms. The molecule has 3 rings (SSSR count). The lowest BCUT2D eigenvalue weighted by Crippen LogP contribution is -2.27. The maximum absolute atomic E-state index is 12.4. The van der Waals surface area contributed by atoms with Crippen LogP contribution in [0.4, 0.5) is 5.69 Å². The van der Waals surface area contributed by atoms with Crippen LogP contribution in [0.5, 0.6) is 0 Å². The molecule has 1 heterocycles. The third kappa shape index (κ3) is 3.27. The molecule has 0 fully saturated rings. The van der Waals surface area contributed by atoms with Crippen LogP contribution < -0.4 is 11.1 Å². The average molecular weight is 317 g/mol. The third-order valence-electron chi connectivity index (χ3n) is 3.46. The zero-order chi connectivity index (χ0) is 14.7. The largest absolute Gasteiger partial charge is 0.329 e. The number of carbonyl (C=O) groups is 1. The van der Waals surface area contributed by atoms with Gasteiger partial charge in [-0.25, -0.2) is 0 Å². The summed E-state index contributed by atoms with van der Waals surface area (Å²) in [6.45, 7) is 0.268. The normalized spacial score (nSPS) is 11.7. The number of benzene rings is 2. The molecule has 114 valence electrons. The lowest BCUT2D eigenvalue weighted by molar-refractivity contribution is -0.117. The van der Waals surface area contributed by atoms with Gasteiger partial charge in [-0.15, -0.1) is 12.4 Å². The number of aromatic nitrogens is 2. The molecular weight excluding hydrogens is 300 g/mol. The zero-order valence-corrected chi connectivity index (χ0v) is 12.6. The number of anilines is 1. The number of halogens is 1. The second-order valence-electron chi connectivity index (χ2n) is 4.86. The molecule has 1 unspecified atom stereocenters. The van der Waals surface area contributed by atoms with Crippen LogP contribution in [0.1, 0.15) is 11.5 Å². The molecule has 1 atom stereocenters. The molecule has 4 N–H and O–H groups in total. The van der Waals surface area contributed by atoms with E-state index in [1.165, 1.54) is 0 Å². The van der Waals surface area contributed by atoms with Gasteiger partial charge in [-0.05, 0) is 23.8 Å². The molecule has 6 heteroatoms. The summed E-state index contributed by atoms with van der Waals surface area (Å²) >= 11 is 0. The van der Waals surface area contributed by atoms with Gasteiger partial charge in [0.15, 0.2) is 0 Å². The van der Waals surface area contributed by atoms with E-state index < -0.39 is 0 Å². The predicted molar refractivity (Wildman–Crippen MR) is 90.2 cm³/mol. The van der Waals surface area contributed by atoms with Crippen LogP contribution in [0.2, 0.25) is 0 Å². The lowest BCUT2D eigenvalue weighted by atomic mass is 9.98. The molecule has 0 aliphatic heterocycles. The second-order valence-corrected chi connectivity index (χ2v) is 4.86. The molecule has 1 amide bonds. The summed E-state index contributed by atoms with van der Waals surface area (Å²) in [4.78, 5) is 12.4. The van der Waals surface area contributed by atoms with Crippen LogP contribution >= 0.6 is 12.4 Å². The van der Waals surface area contributed by atoms with Gasteiger partial charge in [0.1, 0.15) is 0 Å². The quantitative estimate of drug-likeness (QED) is 0.692. The van der Waals surface area contributed by atoms with E-state index in [9.17, 15) is 4.79 Å². The van der Waals surface area contributed by atoms with E-state index >= 15 is 0 Å². The zero-order valence-electron chi connectivity index (χ0n) is 11.8. The molecule has 1 aromatic heterocycles. The fourth-order valence-corrected chi connectivity index (χ4v) is 2.33. The highest BCUT2D eigenvalue weighted by atomic mass is 35.5. The number of aromatic amines is 1. The monoisotopic (exact) mass is 316 g/mol. The number of nitrogens with one attached hydrogen (secondary N) is 2. The smallest absolute Gasteiger partial charge is 0.233 e. The number of amides is 1. The van der Waals surface area contributed by atoms with Gasteiger partial charge >= 0.3 is 0 Å². The molecule has 0 aliphatic carbocycles. The number of H-pyrrole nitrogens is 1. The second kappa shape index (κ2) is 7.06. The minimum atomic E-state index is -0.355. The standard InChI is InChI=1S/C16H16N4O.ClH/c17-9-14(11-4-2-1-3-5-11)16(21)19-13-6-7-15-12(8-13)10-18-20-15;/h1-8,10,14H,9,17H2,(H,18,20)(H,19,21);1H. The maximum atomic E-state index is 12.4. The molecule has 0 spiro atoms. The van der Waals surface area contributed by atoms with Gasteiger partial charge in [0.05, 0.1) is 17.6 Å². The Bertz CT molecular complexity index is 757. The minimum absolute atomic E-state index is 0. The Morgan fingerprint density at radius 2 is 2.00 bits per heavy atom. The van der Waals surface area contributed by atoms with E-state index in [4.69, 9.17) is 5.73 Å². The third-order valence-corrected chi connectivity index (χ3v) is 3.46. The van der Waals surface area contributed by atoms with Gasteiger partial charge in [-0.3, -0.25) is 9.89 Å². The topological polar surface area (TPSA) is 83.8 Å². The summed E-state index contributed by atoms with van der Waals surface area (Å²) in [5.74, 6) is -0.460. The highest BCUT2D eigenvalue weighted by molar-refractivity contribution is 5.97. The fraction of sp³-hybridized carbons (Fsp3) is 0.125. The van der Waals surface area contributed by atoms with Crippen molar-refractivity contribution in [3.8, 4) is 0 Å². The molecule has 2 aromatic carbocycles. The Morgan fingerprint density at radius 3 is 2.73 bits per heavy atom. The number of fused-ring (bicyclic) bond motifs is 1. The molecule has 22 heavy (non-hydrogen) atoms. The van der Waals surface area contributed by atoms with E-state index in [0.717, 1.165) is 22.2 Å². The highest BCUT2D eigenvalue weighted by Gasteiger charge is 2.18. The first-order chi connectivity index (χ1) is 10.3. The molecule has 3 aromatic rings. The average Bonchev–Trinajstić information content (AvgIpc) is 2.96. The summed E-state index contributed by atoms with van der Waals surface area (Å²) < 4.78 is 0. The molecular formula is C16H17ClN4O. The van der Waals surface area contributed by atoms with Crippen LogP contribution in [0.15, 0.2) is 54.7 Å². The molecule has 0 radical (unpaired) electrons. The van der Waals surface area contributed by atoms with Crippen LogP contribution in [0, 0.1) is 0 Å². The van der Waals surface area contributed by atoms with E-state index in [1.54, 1.807) is 6.20 Å². The number of hydrogen-bond donors (Lipinski definition) is 3. The number of nitrogens with zero attached hydrogens (tertiary/aromatic N) is 1. The lowest BCUT2D eigenvalue weighted by Gasteiger charge is -2.15. The Morgan fingerprint density at radius 1 is 1.23 bits per heavy atom. The van der Waals surface area contributed by atoms with E-state index in [0.29, 0.717) is 0 Å². The van der Waals surface area contributed by atoms with Gasteiger partial charge < -0.3 is 11.1 Å². The number of nitrogens with two attached hydrogens (primary N) is 1. The predicted octanol–water partition coefficient (Wildman–Crippen LogP) is 2.67. The first kappa shape index (κ1) is 16.0. The van der Waals surface area contributed by atoms with Gasteiger partial charge in [-0.2, -0.15) is 5.10 Å². The van der Waals surface area contributed by atoms with Crippen LogP contribution in [0.25, 0.3) is 10.9 Å². The van der Waals surface area contributed by atoms with Gasteiger partial charge in [0.25, 0.3) is 0 Å². The Kier molecular flexibility index (Phi) is 5.14.